The molecule has 0 heterocycles. The Morgan fingerprint density at radius 3 is 2.20 bits per heavy atom. The van der Waals surface area contributed by atoms with E-state index < -0.39 is 5.41 Å². The van der Waals surface area contributed by atoms with Crippen LogP contribution in [0.5, 0.6) is 0 Å². The maximum Gasteiger partial charge on any atom is 0.312 e. The molecule has 140 valence electrons. The molecule has 4 aliphatic rings. The van der Waals surface area contributed by atoms with Gasteiger partial charge in [0.25, 0.3) is 5.91 Å². The van der Waals surface area contributed by atoms with E-state index in [2.05, 4.69) is 5.32 Å². The Morgan fingerprint density at radius 1 is 1.08 bits per heavy atom. The van der Waals surface area contributed by atoms with Crippen molar-refractivity contribution < 1.29 is 19.1 Å². The fourth-order valence-electron chi connectivity index (χ4n) is 5.97. The third kappa shape index (κ3) is 3.40. The van der Waals surface area contributed by atoms with E-state index in [1.165, 1.54) is 0 Å². The van der Waals surface area contributed by atoms with Crippen LogP contribution in [-0.2, 0) is 19.1 Å². The molecule has 0 aromatic heterocycles. The Morgan fingerprint density at radius 2 is 1.68 bits per heavy atom. The predicted molar refractivity (Wildman–Crippen MR) is 92.5 cm³/mol. The molecule has 0 radical (unpaired) electrons. The third-order valence-corrected chi connectivity index (χ3v) is 6.38. The summed E-state index contributed by atoms with van der Waals surface area (Å²) in [5.74, 6) is 0.539. The molecular weight excluding hydrogens is 320 g/mol. The van der Waals surface area contributed by atoms with Crippen LogP contribution in [0.25, 0.3) is 0 Å². The summed E-state index contributed by atoms with van der Waals surface area (Å²) in [7, 11) is 0. The molecule has 2 amide bonds. The number of ether oxygens (including phenoxy) is 1. The minimum Gasteiger partial charge on any atom is -0.455 e. The van der Waals surface area contributed by atoms with Gasteiger partial charge in [0.15, 0.2) is 6.61 Å². The zero-order chi connectivity index (χ0) is 18.2. The van der Waals surface area contributed by atoms with Crippen molar-refractivity contribution in [3.05, 3.63) is 0 Å². The number of rotatable bonds is 6. The highest BCUT2D eigenvalue weighted by Crippen LogP contribution is 2.62. The summed E-state index contributed by atoms with van der Waals surface area (Å²) in [5.41, 5.74) is -0.770. The molecule has 25 heavy (non-hydrogen) atoms. The van der Waals surface area contributed by atoms with Gasteiger partial charge in [0.1, 0.15) is 0 Å². The number of carbonyl (C=O) groups is 3. The fourth-order valence-corrected chi connectivity index (χ4v) is 5.97. The lowest BCUT2D eigenvalue weighted by molar-refractivity contribution is -0.178. The Hall–Kier alpha value is -1.59. The Bertz CT molecular complexity index is 556. The van der Waals surface area contributed by atoms with E-state index in [1.807, 2.05) is 13.8 Å². The third-order valence-electron chi connectivity index (χ3n) is 6.38. The fraction of sp³-hybridized carbons (Fsp3) is 0.842. The van der Waals surface area contributed by atoms with Crippen molar-refractivity contribution in [3.8, 4) is 0 Å². The first kappa shape index (κ1) is 18.2. The molecule has 4 rings (SSSR count). The van der Waals surface area contributed by atoms with Crippen molar-refractivity contribution in [1.29, 1.82) is 0 Å². The topological polar surface area (TPSA) is 75.7 Å². The van der Waals surface area contributed by atoms with Gasteiger partial charge in [-0.3, -0.25) is 14.4 Å². The molecule has 0 aromatic rings. The number of nitrogens with one attached hydrogen (secondary N) is 1. The summed E-state index contributed by atoms with van der Waals surface area (Å²) in [6, 6.07) is 0. The monoisotopic (exact) mass is 350 g/mol. The van der Waals surface area contributed by atoms with E-state index in [9.17, 15) is 14.4 Å². The molecule has 2 atom stereocenters. The number of hydrogen-bond donors (Lipinski definition) is 1. The van der Waals surface area contributed by atoms with E-state index in [0.717, 1.165) is 32.1 Å². The minimum atomic E-state index is -0.518. The van der Waals surface area contributed by atoms with E-state index in [4.69, 9.17) is 4.74 Å². The number of carbonyl (C=O) groups excluding carboxylic acids is 3. The van der Waals surface area contributed by atoms with Crippen molar-refractivity contribution in [2.24, 2.45) is 17.3 Å². The average molecular weight is 350 g/mol. The number of amides is 2. The van der Waals surface area contributed by atoms with Crippen LogP contribution in [0.4, 0.5) is 0 Å². The quantitative estimate of drug-likeness (QED) is 0.742. The number of hydrogen-bond acceptors (Lipinski definition) is 4. The zero-order valence-electron chi connectivity index (χ0n) is 15.6. The summed E-state index contributed by atoms with van der Waals surface area (Å²) in [5, 5.41) is 3.15. The molecular formula is C19H30N2O4. The predicted octanol–water partition coefficient (Wildman–Crippen LogP) is 1.87. The van der Waals surface area contributed by atoms with Crippen LogP contribution in [0.1, 0.15) is 59.3 Å². The first-order valence-corrected chi connectivity index (χ1v) is 9.55. The summed E-state index contributed by atoms with van der Waals surface area (Å²) < 4.78 is 5.48. The van der Waals surface area contributed by atoms with Gasteiger partial charge in [-0.05, 0) is 64.2 Å². The Kier molecular flexibility index (Phi) is 4.82. The summed E-state index contributed by atoms with van der Waals surface area (Å²) in [4.78, 5) is 38.4. The summed E-state index contributed by atoms with van der Waals surface area (Å²) in [6.07, 6.45) is 5.42. The molecule has 4 saturated carbocycles. The van der Waals surface area contributed by atoms with Gasteiger partial charge in [-0.1, -0.05) is 0 Å². The van der Waals surface area contributed by atoms with Crippen molar-refractivity contribution in [3.63, 3.8) is 0 Å². The smallest absolute Gasteiger partial charge is 0.312 e. The van der Waals surface area contributed by atoms with Crippen LogP contribution in [0.3, 0.4) is 0 Å². The SMILES string of the molecule is CCN(CC)C(=O)COC(=O)C12C[C@@H]3C[C@H](CC(NC(C)=O)(C3)C1)C2. The van der Waals surface area contributed by atoms with Crippen LogP contribution in [0, 0.1) is 17.3 Å². The van der Waals surface area contributed by atoms with Crippen LogP contribution in [0.15, 0.2) is 0 Å². The van der Waals surface area contributed by atoms with Gasteiger partial charge in [-0.2, -0.15) is 0 Å². The van der Waals surface area contributed by atoms with Crippen molar-refractivity contribution >= 4 is 17.8 Å². The highest BCUT2D eigenvalue weighted by atomic mass is 16.5. The summed E-state index contributed by atoms with van der Waals surface area (Å²) >= 11 is 0. The van der Waals surface area contributed by atoms with E-state index >= 15 is 0 Å². The molecule has 0 aromatic carbocycles. The number of likely N-dealkylation sites (N-methyl/N-ethyl adjacent to an activating group) is 1. The molecule has 0 spiro atoms. The largest absolute Gasteiger partial charge is 0.455 e. The van der Waals surface area contributed by atoms with Gasteiger partial charge in [0.2, 0.25) is 5.91 Å². The Balaban J connectivity index is 1.69. The molecule has 4 aliphatic carbocycles. The van der Waals surface area contributed by atoms with Crippen molar-refractivity contribution in [2.75, 3.05) is 19.7 Å². The second-order valence-electron chi connectivity index (χ2n) is 8.35. The molecule has 6 heteroatoms. The molecule has 1 N–H and O–H groups in total. The normalized spacial score (nSPS) is 35.3. The minimum absolute atomic E-state index is 0.0258. The average Bonchev–Trinajstić information content (AvgIpc) is 2.51. The number of esters is 1. The molecule has 4 bridgehead atoms. The Labute approximate surface area is 149 Å². The molecule has 0 saturated heterocycles. The highest BCUT2D eigenvalue weighted by Gasteiger charge is 2.61. The maximum atomic E-state index is 12.9. The van der Waals surface area contributed by atoms with Crippen LogP contribution < -0.4 is 5.32 Å². The van der Waals surface area contributed by atoms with Gasteiger partial charge in [-0.25, -0.2) is 0 Å². The first-order chi connectivity index (χ1) is 11.8. The lowest BCUT2D eigenvalue weighted by Gasteiger charge is -2.60. The summed E-state index contributed by atoms with van der Waals surface area (Å²) in [6.45, 7) is 6.44. The second-order valence-corrected chi connectivity index (χ2v) is 8.35. The molecule has 4 fully saturated rings. The van der Waals surface area contributed by atoms with E-state index in [-0.39, 0.29) is 29.9 Å². The standard InChI is InChI=1S/C19H30N2O4/c1-4-21(5-2)16(23)11-25-17(24)18-7-14-6-15(8-18)10-19(9-14,12-18)20-13(3)22/h14-15H,4-12H2,1-3H3,(H,20,22)/t14-,15-,18?,19?/m0/s1. The van der Waals surface area contributed by atoms with Crippen LogP contribution in [-0.4, -0.2) is 47.9 Å². The lowest BCUT2D eigenvalue weighted by atomic mass is 9.47. The molecule has 0 unspecified atom stereocenters. The molecule has 0 aliphatic heterocycles. The highest BCUT2D eigenvalue weighted by molar-refractivity contribution is 5.83. The second kappa shape index (κ2) is 6.61. The molecule has 6 nitrogen and oxygen atoms in total. The van der Waals surface area contributed by atoms with Gasteiger partial charge >= 0.3 is 5.97 Å². The van der Waals surface area contributed by atoms with E-state index in [1.54, 1.807) is 11.8 Å². The maximum absolute atomic E-state index is 12.9. The van der Waals surface area contributed by atoms with Gasteiger partial charge in [0, 0.05) is 25.6 Å². The van der Waals surface area contributed by atoms with Gasteiger partial charge in [-0.15, -0.1) is 0 Å². The zero-order valence-corrected chi connectivity index (χ0v) is 15.6. The number of nitrogens with zero attached hydrogens (tertiary/aromatic N) is 1. The van der Waals surface area contributed by atoms with Crippen molar-refractivity contribution in [1.82, 2.24) is 10.2 Å². The van der Waals surface area contributed by atoms with Gasteiger partial charge < -0.3 is 15.0 Å². The lowest BCUT2D eigenvalue weighted by Crippen LogP contribution is -2.64. The first-order valence-electron chi connectivity index (χ1n) is 9.55. The van der Waals surface area contributed by atoms with Crippen LogP contribution in [0.2, 0.25) is 0 Å². The van der Waals surface area contributed by atoms with Gasteiger partial charge in [0.05, 0.1) is 5.41 Å². The van der Waals surface area contributed by atoms with E-state index in [0.29, 0.717) is 31.3 Å². The van der Waals surface area contributed by atoms with Crippen molar-refractivity contribution in [2.45, 2.75) is 64.8 Å². The van der Waals surface area contributed by atoms with Crippen LogP contribution >= 0.6 is 0 Å².